The van der Waals surface area contributed by atoms with E-state index in [0.717, 1.165) is 17.1 Å². The lowest BCUT2D eigenvalue weighted by atomic mass is 10.1. The van der Waals surface area contributed by atoms with Crippen LogP contribution in [0.5, 0.6) is 0 Å². The zero-order valence-electron chi connectivity index (χ0n) is 9.45. The van der Waals surface area contributed by atoms with Crippen molar-refractivity contribution in [3.63, 3.8) is 0 Å². The van der Waals surface area contributed by atoms with E-state index in [4.69, 9.17) is 0 Å². The molecule has 0 amide bonds. The summed E-state index contributed by atoms with van der Waals surface area (Å²) in [6.45, 7) is 4.32. The van der Waals surface area contributed by atoms with Crippen molar-refractivity contribution in [2.45, 2.75) is 39.0 Å². The van der Waals surface area contributed by atoms with Crippen LogP contribution in [-0.4, -0.2) is 18.1 Å². The molecule has 1 atom stereocenters. The van der Waals surface area contributed by atoms with Gasteiger partial charge in [0.05, 0.1) is 24.2 Å². The molecule has 15 heavy (non-hydrogen) atoms. The van der Waals surface area contributed by atoms with Crippen LogP contribution in [0.2, 0.25) is 0 Å². The van der Waals surface area contributed by atoms with Crippen molar-refractivity contribution in [3.8, 4) is 0 Å². The number of thiazole rings is 1. The predicted molar refractivity (Wildman–Crippen MR) is 61.2 cm³/mol. The smallest absolute Gasteiger partial charge is 0.305 e. The second kappa shape index (κ2) is 5.85. The minimum atomic E-state index is -0.173. The first-order valence-electron chi connectivity index (χ1n) is 5.18. The molecule has 0 aliphatic carbocycles. The van der Waals surface area contributed by atoms with Gasteiger partial charge in [0.2, 0.25) is 0 Å². The second-order valence-electron chi connectivity index (χ2n) is 3.56. The number of hydrogen-bond acceptors (Lipinski definition) is 4. The van der Waals surface area contributed by atoms with Crippen LogP contribution in [0.25, 0.3) is 0 Å². The van der Waals surface area contributed by atoms with Gasteiger partial charge in [0.25, 0.3) is 0 Å². The van der Waals surface area contributed by atoms with Gasteiger partial charge >= 0.3 is 5.97 Å². The van der Waals surface area contributed by atoms with Gasteiger partial charge in [-0.3, -0.25) is 4.79 Å². The fourth-order valence-electron chi connectivity index (χ4n) is 1.17. The number of rotatable bonds is 5. The van der Waals surface area contributed by atoms with E-state index in [0.29, 0.717) is 18.8 Å². The largest absolute Gasteiger partial charge is 0.469 e. The molecule has 1 unspecified atom stereocenters. The number of nitrogens with zero attached hydrogens (tertiary/aromatic N) is 1. The number of carbonyl (C=O) groups is 1. The van der Waals surface area contributed by atoms with E-state index in [2.05, 4.69) is 23.6 Å². The van der Waals surface area contributed by atoms with Gasteiger partial charge in [0.1, 0.15) is 0 Å². The van der Waals surface area contributed by atoms with Gasteiger partial charge in [0, 0.05) is 17.7 Å². The van der Waals surface area contributed by atoms with Gasteiger partial charge in [-0.25, -0.2) is 4.98 Å². The Morgan fingerprint density at radius 3 is 3.00 bits per heavy atom. The maximum absolute atomic E-state index is 10.9. The first kappa shape index (κ1) is 12.2. The van der Waals surface area contributed by atoms with E-state index in [-0.39, 0.29) is 5.97 Å². The van der Waals surface area contributed by atoms with Crippen LogP contribution in [0, 0.1) is 0 Å². The van der Waals surface area contributed by atoms with Crippen molar-refractivity contribution < 1.29 is 9.53 Å². The fourth-order valence-corrected chi connectivity index (χ4v) is 2.17. The Bertz CT molecular complexity index is 322. The standard InChI is InChI=1S/C11H17NO2S/c1-4-8(2)11-12-9(7-15-11)5-6-10(13)14-3/h7-8H,4-6H2,1-3H3. The summed E-state index contributed by atoms with van der Waals surface area (Å²) in [5, 5.41) is 3.20. The van der Waals surface area contributed by atoms with E-state index in [1.54, 1.807) is 11.3 Å². The third-order valence-corrected chi connectivity index (χ3v) is 3.54. The Kier molecular flexibility index (Phi) is 4.75. The van der Waals surface area contributed by atoms with E-state index < -0.39 is 0 Å². The Balaban J connectivity index is 2.49. The van der Waals surface area contributed by atoms with Crippen LogP contribution in [0.4, 0.5) is 0 Å². The van der Waals surface area contributed by atoms with Crippen molar-refractivity contribution in [1.82, 2.24) is 4.98 Å². The summed E-state index contributed by atoms with van der Waals surface area (Å²) in [6, 6.07) is 0. The summed E-state index contributed by atoms with van der Waals surface area (Å²) in [7, 11) is 1.41. The van der Waals surface area contributed by atoms with Gasteiger partial charge in [-0.15, -0.1) is 11.3 Å². The third-order valence-electron chi connectivity index (χ3n) is 2.42. The number of ether oxygens (including phenoxy) is 1. The van der Waals surface area contributed by atoms with Crippen molar-refractivity contribution in [1.29, 1.82) is 0 Å². The summed E-state index contributed by atoms with van der Waals surface area (Å²) in [5.74, 6) is 0.343. The lowest BCUT2D eigenvalue weighted by Crippen LogP contribution is -2.02. The second-order valence-corrected chi connectivity index (χ2v) is 4.45. The monoisotopic (exact) mass is 227 g/mol. The number of aromatic nitrogens is 1. The lowest BCUT2D eigenvalue weighted by molar-refractivity contribution is -0.140. The van der Waals surface area contributed by atoms with E-state index in [1.807, 2.05) is 5.38 Å². The number of methoxy groups -OCH3 is 1. The fraction of sp³-hybridized carbons (Fsp3) is 0.636. The van der Waals surface area contributed by atoms with Gasteiger partial charge in [-0.2, -0.15) is 0 Å². The highest BCUT2D eigenvalue weighted by Gasteiger charge is 2.09. The molecule has 0 radical (unpaired) electrons. The normalized spacial score (nSPS) is 12.5. The first-order chi connectivity index (χ1) is 7.17. The van der Waals surface area contributed by atoms with Gasteiger partial charge in [-0.1, -0.05) is 13.8 Å². The molecule has 1 heterocycles. The maximum atomic E-state index is 10.9. The molecule has 0 aliphatic heterocycles. The Labute approximate surface area is 94.5 Å². The SMILES string of the molecule is CCC(C)c1nc(CCC(=O)OC)cs1. The van der Waals surface area contributed by atoms with Crippen LogP contribution in [-0.2, 0) is 16.0 Å². The number of aryl methyl sites for hydroxylation is 1. The Morgan fingerprint density at radius 1 is 1.67 bits per heavy atom. The summed E-state index contributed by atoms with van der Waals surface area (Å²) >= 11 is 1.68. The molecule has 0 saturated carbocycles. The highest BCUT2D eigenvalue weighted by molar-refractivity contribution is 7.09. The Morgan fingerprint density at radius 2 is 2.40 bits per heavy atom. The van der Waals surface area contributed by atoms with Crippen molar-refractivity contribution in [2.75, 3.05) is 7.11 Å². The highest BCUT2D eigenvalue weighted by atomic mass is 32.1. The molecule has 0 spiro atoms. The molecule has 4 heteroatoms. The molecule has 3 nitrogen and oxygen atoms in total. The summed E-state index contributed by atoms with van der Waals surface area (Å²) in [6.07, 6.45) is 2.20. The topological polar surface area (TPSA) is 39.2 Å². The summed E-state index contributed by atoms with van der Waals surface area (Å²) < 4.78 is 4.58. The molecule has 1 aromatic rings. The van der Waals surface area contributed by atoms with Gasteiger partial charge in [0.15, 0.2) is 0 Å². The molecule has 0 N–H and O–H groups in total. The van der Waals surface area contributed by atoms with Gasteiger partial charge in [-0.05, 0) is 6.42 Å². The Hall–Kier alpha value is -0.900. The van der Waals surface area contributed by atoms with Crippen LogP contribution < -0.4 is 0 Å². The first-order valence-corrected chi connectivity index (χ1v) is 6.06. The molecular formula is C11H17NO2S. The highest BCUT2D eigenvalue weighted by Crippen LogP contribution is 2.22. The number of carbonyl (C=O) groups excluding carboxylic acids is 1. The molecule has 0 saturated heterocycles. The molecule has 0 aliphatic rings. The number of hydrogen-bond donors (Lipinski definition) is 0. The van der Waals surface area contributed by atoms with E-state index >= 15 is 0 Å². The van der Waals surface area contributed by atoms with Crippen LogP contribution >= 0.6 is 11.3 Å². The molecule has 1 rings (SSSR count). The average Bonchev–Trinajstić information content (AvgIpc) is 2.73. The molecule has 0 aromatic carbocycles. The summed E-state index contributed by atoms with van der Waals surface area (Å²) in [4.78, 5) is 15.4. The zero-order valence-corrected chi connectivity index (χ0v) is 10.3. The van der Waals surface area contributed by atoms with E-state index in [9.17, 15) is 4.79 Å². The van der Waals surface area contributed by atoms with Crippen LogP contribution in [0.15, 0.2) is 5.38 Å². The molecule has 84 valence electrons. The zero-order chi connectivity index (χ0) is 11.3. The minimum absolute atomic E-state index is 0.173. The van der Waals surface area contributed by atoms with Crippen LogP contribution in [0.1, 0.15) is 43.3 Å². The molecule has 1 aromatic heterocycles. The lowest BCUT2D eigenvalue weighted by Gasteiger charge is -2.01. The summed E-state index contributed by atoms with van der Waals surface area (Å²) in [5.41, 5.74) is 1.00. The van der Waals surface area contributed by atoms with Gasteiger partial charge < -0.3 is 4.74 Å². The predicted octanol–water partition coefficient (Wildman–Crippen LogP) is 2.76. The van der Waals surface area contributed by atoms with Crippen LogP contribution in [0.3, 0.4) is 0 Å². The molecular weight excluding hydrogens is 210 g/mol. The van der Waals surface area contributed by atoms with E-state index in [1.165, 1.54) is 7.11 Å². The quantitative estimate of drug-likeness (QED) is 0.726. The maximum Gasteiger partial charge on any atom is 0.305 e. The average molecular weight is 227 g/mol. The van der Waals surface area contributed by atoms with Crippen molar-refractivity contribution in [3.05, 3.63) is 16.1 Å². The molecule has 0 bridgehead atoms. The van der Waals surface area contributed by atoms with Crippen molar-refractivity contribution in [2.24, 2.45) is 0 Å². The molecule has 0 fully saturated rings. The third kappa shape index (κ3) is 3.63. The minimum Gasteiger partial charge on any atom is -0.469 e. The number of esters is 1. The van der Waals surface area contributed by atoms with Crippen molar-refractivity contribution >= 4 is 17.3 Å².